The maximum Gasteiger partial charge on any atom is 0.175 e. The van der Waals surface area contributed by atoms with Crippen molar-refractivity contribution in [1.82, 2.24) is 9.97 Å². The summed E-state index contributed by atoms with van der Waals surface area (Å²) in [4.78, 5) is 8.37. The van der Waals surface area contributed by atoms with Crippen LogP contribution in [0, 0.1) is 0 Å². The van der Waals surface area contributed by atoms with Crippen molar-refractivity contribution >= 4 is 26.6 Å². The van der Waals surface area contributed by atoms with Gasteiger partial charge in [0.25, 0.3) is 0 Å². The summed E-state index contributed by atoms with van der Waals surface area (Å²) >= 11 is 0. The number of hydrogen-bond donors (Lipinski definition) is 1. The monoisotopic (exact) mass is 237 g/mol. The minimum atomic E-state index is -3.20. The highest BCUT2D eigenvalue weighted by Gasteiger charge is 2.10. The number of rotatable bonds is 2. The van der Waals surface area contributed by atoms with Crippen LogP contribution in [0.3, 0.4) is 0 Å². The van der Waals surface area contributed by atoms with E-state index in [0.717, 1.165) is 0 Å². The van der Waals surface area contributed by atoms with Crippen molar-refractivity contribution in [2.75, 3.05) is 18.6 Å². The smallest absolute Gasteiger partial charge is 0.175 e. The van der Waals surface area contributed by atoms with Crippen LogP contribution < -0.4 is 5.32 Å². The Morgan fingerprint density at radius 3 is 2.62 bits per heavy atom. The number of nitrogens with zero attached hydrogens (tertiary/aromatic N) is 2. The van der Waals surface area contributed by atoms with Crippen LogP contribution in [0.4, 0.5) is 5.82 Å². The molecular weight excluding hydrogens is 226 g/mol. The zero-order valence-electron chi connectivity index (χ0n) is 8.93. The third-order valence-corrected chi connectivity index (χ3v) is 3.38. The molecule has 0 spiro atoms. The fraction of sp³-hybridized carbons (Fsp3) is 0.200. The molecule has 2 rings (SSSR count). The molecule has 0 aliphatic rings. The molecule has 5 nitrogen and oxygen atoms in total. The molecule has 0 bridgehead atoms. The van der Waals surface area contributed by atoms with E-state index in [2.05, 4.69) is 15.3 Å². The first kappa shape index (κ1) is 10.8. The van der Waals surface area contributed by atoms with Crippen molar-refractivity contribution in [3.8, 4) is 0 Å². The van der Waals surface area contributed by atoms with Crippen LogP contribution in [-0.2, 0) is 9.84 Å². The van der Waals surface area contributed by atoms with Gasteiger partial charge in [0.1, 0.15) is 12.1 Å². The normalized spacial score (nSPS) is 11.6. The Morgan fingerprint density at radius 1 is 1.25 bits per heavy atom. The number of nitrogens with one attached hydrogen (secondary N) is 1. The molecular formula is C10H11N3O2S. The van der Waals surface area contributed by atoms with Crippen LogP contribution >= 0.6 is 0 Å². The quantitative estimate of drug-likeness (QED) is 0.846. The van der Waals surface area contributed by atoms with Crippen molar-refractivity contribution in [1.29, 1.82) is 0 Å². The standard InChI is InChI=1S/C10H11N3O2S/c1-11-10-8-5-7(16(2,14)15)3-4-9(8)12-6-13-10/h3-6H,1-2H3,(H,11,12,13). The number of aromatic nitrogens is 2. The highest BCUT2D eigenvalue weighted by atomic mass is 32.2. The zero-order valence-corrected chi connectivity index (χ0v) is 9.75. The van der Waals surface area contributed by atoms with Gasteiger partial charge in [0.15, 0.2) is 9.84 Å². The van der Waals surface area contributed by atoms with E-state index in [-0.39, 0.29) is 4.90 Å². The third-order valence-electron chi connectivity index (χ3n) is 2.27. The molecule has 2 aromatic rings. The lowest BCUT2D eigenvalue weighted by molar-refractivity contribution is 0.602. The lowest BCUT2D eigenvalue weighted by atomic mass is 10.2. The molecule has 0 atom stereocenters. The van der Waals surface area contributed by atoms with Gasteiger partial charge in [-0.3, -0.25) is 0 Å². The second-order valence-electron chi connectivity index (χ2n) is 3.42. The summed E-state index contributed by atoms with van der Waals surface area (Å²) in [5, 5.41) is 3.60. The molecule has 0 unspecified atom stereocenters. The summed E-state index contributed by atoms with van der Waals surface area (Å²) in [6, 6.07) is 4.80. The molecule has 84 valence electrons. The highest BCUT2D eigenvalue weighted by molar-refractivity contribution is 7.90. The first-order valence-electron chi connectivity index (χ1n) is 4.65. The fourth-order valence-corrected chi connectivity index (χ4v) is 2.11. The van der Waals surface area contributed by atoms with E-state index in [9.17, 15) is 8.42 Å². The van der Waals surface area contributed by atoms with Crippen LogP contribution in [0.5, 0.6) is 0 Å². The largest absolute Gasteiger partial charge is 0.373 e. The summed E-state index contributed by atoms with van der Waals surface area (Å²) in [6.45, 7) is 0. The third kappa shape index (κ3) is 1.83. The predicted octanol–water partition coefficient (Wildman–Crippen LogP) is 1.07. The summed E-state index contributed by atoms with van der Waals surface area (Å²) in [6.07, 6.45) is 2.62. The Balaban J connectivity index is 2.78. The number of anilines is 1. The van der Waals surface area contributed by atoms with Crippen LogP contribution in [0.15, 0.2) is 29.4 Å². The Hall–Kier alpha value is -1.69. The van der Waals surface area contributed by atoms with E-state index in [1.165, 1.54) is 12.6 Å². The lowest BCUT2D eigenvalue weighted by Crippen LogP contribution is -1.99. The van der Waals surface area contributed by atoms with Gasteiger partial charge in [0, 0.05) is 18.7 Å². The van der Waals surface area contributed by atoms with E-state index < -0.39 is 9.84 Å². The minimum absolute atomic E-state index is 0.270. The maximum absolute atomic E-state index is 11.4. The second kappa shape index (κ2) is 3.71. The van der Waals surface area contributed by atoms with Gasteiger partial charge in [-0.2, -0.15) is 0 Å². The van der Waals surface area contributed by atoms with E-state index >= 15 is 0 Å². The van der Waals surface area contributed by atoms with E-state index in [1.807, 2.05) is 0 Å². The van der Waals surface area contributed by atoms with Crippen molar-refractivity contribution < 1.29 is 8.42 Å². The molecule has 1 N–H and O–H groups in total. The van der Waals surface area contributed by atoms with Gasteiger partial charge >= 0.3 is 0 Å². The Morgan fingerprint density at radius 2 is 2.00 bits per heavy atom. The molecule has 0 radical (unpaired) electrons. The van der Waals surface area contributed by atoms with Gasteiger partial charge in [-0.1, -0.05) is 0 Å². The van der Waals surface area contributed by atoms with Gasteiger partial charge in [0.05, 0.1) is 10.4 Å². The summed E-state index contributed by atoms with van der Waals surface area (Å²) in [5.74, 6) is 0.621. The molecule has 1 heterocycles. The topological polar surface area (TPSA) is 72.0 Å². The molecule has 1 aromatic heterocycles. The molecule has 0 amide bonds. The second-order valence-corrected chi connectivity index (χ2v) is 5.44. The number of hydrogen-bond acceptors (Lipinski definition) is 5. The molecule has 0 aliphatic heterocycles. The van der Waals surface area contributed by atoms with Crippen molar-refractivity contribution in [3.63, 3.8) is 0 Å². The minimum Gasteiger partial charge on any atom is -0.373 e. The average Bonchev–Trinajstić information content (AvgIpc) is 2.26. The lowest BCUT2D eigenvalue weighted by Gasteiger charge is -2.05. The Kier molecular flexibility index (Phi) is 2.51. The first-order valence-corrected chi connectivity index (χ1v) is 6.54. The number of benzene rings is 1. The van der Waals surface area contributed by atoms with E-state index in [1.54, 1.807) is 25.2 Å². The summed E-state index contributed by atoms with van der Waals surface area (Å²) < 4.78 is 22.8. The van der Waals surface area contributed by atoms with E-state index in [0.29, 0.717) is 16.7 Å². The molecule has 0 saturated heterocycles. The van der Waals surface area contributed by atoms with Gasteiger partial charge in [-0.25, -0.2) is 18.4 Å². The Bertz CT molecular complexity index is 638. The van der Waals surface area contributed by atoms with Gasteiger partial charge in [-0.15, -0.1) is 0 Å². The molecule has 16 heavy (non-hydrogen) atoms. The van der Waals surface area contributed by atoms with Gasteiger partial charge < -0.3 is 5.32 Å². The molecule has 6 heteroatoms. The summed E-state index contributed by atoms with van der Waals surface area (Å²) in [7, 11) is -1.47. The van der Waals surface area contributed by atoms with E-state index in [4.69, 9.17) is 0 Å². The Labute approximate surface area is 93.5 Å². The van der Waals surface area contributed by atoms with Crippen molar-refractivity contribution in [2.24, 2.45) is 0 Å². The number of sulfone groups is 1. The van der Waals surface area contributed by atoms with Crippen LogP contribution in [0.1, 0.15) is 0 Å². The summed E-state index contributed by atoms with van der Waals surface area (Å²) in [5.41, 5.74) is 0.715. The fourth-order valence-electron chi connectivity index (χ4n) is 1.47. The maximum atomic E-state index is 11.4. The van der Waals surface area contributed by atoms with Crippen LogP contribution in [0.25, 0.3) is 10.9 Å². The highest BCUT2D eigenvalue weighted by Crippen LogP contribution is 2.22. The average molecular weight is 237 g/mol. The number of fused-ring (bicyclic) bond motifs is 1. The molecule has 1 aromatic carbocycles. The zero-order chi connectivity index (χ0) is 11.8. The SMILES string of the molecule is CNc1ncnc2ccc(S(C)(=O)=O)cc12. The predicted molar refractivity (Wildman–Crippen MR) is 62.2 cm³/mol. The van der Waals surface area contributed by atoms with Crippen molar-refractivity contribution in [2.45, 2.75) is 4.90 Å². The van der Waals surface area contributed by atoms with Crippen LogP contribution in [-0.4, -0.2) is 31.7 Å². The van der Waals surface area contributed by atoms with Crippen molar-refractivity contribution in [3.05, 3.63) is 24.5 Å². The van der Waals surface area contributed by atoms with Crippen LogP contribution in [0.2, 0.25) is 0 Å². The van der Waals surface area contributed by atoms with Gasteiger partial charge in [0.2, 0.25) is 0 Å². The van der Waals surface area contributed by atoms with Gasteiger partial charge in [-0.05, 0) is 18.2 Å². The first-order chi connectivity index (χ1) is 7.52. The molecule has 0 fully saturated rings. The molecule has 0 saturated carbocycles. The molecule has 0 aliphatic carbocycles.